The van der Waals surface area contributed by atoms with Crippen molar-refractivity contribution in [3.05, 3.63) is 28.8 Å². The van der Waals surface area contributed by atoms with Crippen LogP contribution in [0.15, 0.2) is 18.2 Å². The summed E-state index contributed by atoms with van der Waals surface area (Å²) >= 11 is 6.16. The van der Waals surface area contributed by atoms with Crippen LogP contribution in [-0.2, 0) is 11.3 Å². The maximum atomic E-state index is 11.7. The molecule has 0 unspecified atom stereocenters. The number of amides is 1. The molecule has 5 heteroatoms. The molecule has 0 aliphatic heterocycles. The lowest BCUT2D eigenvalue weighted by atomic mass is 10.2. The Balaban J connectivity index is 2.57. The number of benzene rings is 1. The van der Waals surface area contributed by atoms with Crippen molar-refractivity contribution < 1.29 is 9.53 Å². The molecular weight excluding hydrogens is 276 g/mol. The Morgan fingerprint density at radius 2 is 2.15 bits per heavy atom. The molecule has 112 valence electrons. The summed E-state index contributed by atoms with van der Waals surface area (Å²) in [6.07, 6.45) is 0. The molecule has 0 fully saturated rings. The van der Waals surface area contributed by atoms with Crippen molar-refractivity contribution in [3.63, 3.8) is 0 Å². The first kappa shape index (κ1) is 16.8. The second kappa shape index (κ2) is 8.12. The van der Waals surface area contributed by atoms with Gasteiger partial charge in [0.25, 0.3) is 5.91 Å². The quantitative estimate of drug-likeness (QED) is 0.841. The standard InChI is InChI=1S/C15H23ClN2O2/c1-5-18(4)15(19)10-20-14-7-6-12(8-13(14)16)9-17-11(2)3/h6-8,11,17H,5,9-10H2,1-4H3. The summed E-state index contributed by atoms with van der Waals surface area (Å²) in [6.45, 7) is 7.53. The molecule has 0 saturated heterocycles. The average Bonchev–Trinajstić information content (AvgIpc) is 2.42. The zero-order chi connectivity index (χ0) is 15.1. The van der Waals surface area contributed by atoms with Gasteiger partial charge in [-0.2, -0.15) is 0 Å². The van der Waals surface area contributed by atoms with Crippen molar-refractivity contribution in [2.75, 3.05) is 20.2 Å². The van der Waals surface area contributed by atoms with Gasteiger partial charge in [0.15, 0.2) is 6.61 Å². The van der Waals surface area contributed by atoms with Crippen LogP contribution in [0.25, 0.3) is 0 Å². The van der Waals surface area contributed by atoms with E-state index in [0.717, 1.165) is 12.1 Å². The predicted molar refractivity (Wildman–Crippen MR) is 82.2 cm³/mol. The Bertz CT molecular complexity index is 449. The number of ether oxygens (including phenoxy) is 1. The number of hydrogen-bond acceptors (Lipinski definition) is 3. The van der Waals surface area contributed by atoms with Crippen LogP contribution >= 0.6 is 11.6 Å². The zero-order valence-corrected chi connectivity index (χ0v) is 13.3. The van der Waals surface area contributed by atoms with E-state index in [2.05, 4.69) is 19.2 Å². The summed E-state index contributed by atoms with van der Waals surface area (Å²) in [5.74, 6) is 0.479. The molecule has 1 N–H and O–H groups in total. The van der Waals surface area contributed by atoms with Crippen LogP contribution in [0.4, 0.5) is 0 Å². The molecular formula is C15H23ClN2O2. The smallest absolute Gasteiger partial charge is 0.260 e. The van der Waals surface area contributed by atoms with E-state index >= 15 is 0 Å². The highest BCUT2D eigenvalue weighted by Gasteiger charge is 2.09. The van der Waals surface area contributed by atoms with E-state index in [-0.39, 0.29) is 12.5 Å². The van der Waals surface area contributed by atoms with Gasteiger partial charge in [-0.05, 0) is 24.6 Å². The fraction of sp³-hybridized carbons (Fsp3) is 0.533. The Hall–Kier alpha value is -1.26. The molecule has 20 heavy (non-hydrogen) atoms. The summed E-state index contributed by atoms with van der Waals surface area (Å²) in [5, 5.41) is 3.85. The first-order valence-electron chi connectivity index (χ1n) is 6.82. The fourth-order valence-corrected chi connectivity index (χ4v) is 1.78. The lowest BCUT2D eigenvalue weighted by molar-refractivity contribution is -0.131. The van der Waals surface area contributed by atoms with Crippen molar-refractivity contribution >= 4 is 17.5 Å². The van der Waals surface area contributed by atoms with Gasteiger partial charge >= 0.3 is 0 Å². The number of nitrogens with zero attached hydrogens (tertiary/aromatic N) is 1. The minimum atomic E-state index is -0.0610. The number of carbonyl (C=O) groups excluding carboxylic acids is 1. The Morgan fingerprint density at radius 3 is 2.70 bits per heavy atom. The third-order valence-corrected chi connectivity index (χ3v) is 3.26. The largest absolute Gasteiger partial charge is 0.482 e. The van der Waals surface area contributed by atoms with Gasteiger partial charge in [-0.1, -0.05) is 31.5 Å². The predicted octanol–water partition coefficient (Wildman–Crippen LogP) is 2.70. The minimum absolute atomic E-state index is 0.00759. The third kappa shape index (κ3) is 5.39. The van der Waals surface area contributed by atoms with Crippen LogP contribution in [0.2, 0.25) is 5.02 Å². The normalized spacial score (nSPS) is 10.7. The van der Waals surface area contributed by atoms with Crippen LogP contribution in [0.5, 0.6) is 5.75 Å². The Morgan fingerprint density at radius 1 is 1.45 bits per heavy atom. The molecule has 0 saturated carbocycles. The number of hydrogen-bond donors (Lipinski definition) is 1. The number of likely N-dealkylation sites (N-methyl/N-ethyl adjacent to an activating group) is 1. The zero-order valence-electron chi connectivity index (χ0n) is 12.6. The van der Waals surface area contributed by atoms with Crippen molar-refractivity contribution in [1.82, 2.24) is 10.2 Å². The fourth-order valence-electron chi connectivity index (χ4n) is 1.52. The topological polar surface area (TPSA) is 41.6 Å². The van der Waals surface area contributed by atoms with Gasteiger partial charge in [-0.25, -0.2) is 0 Å². The van der Waals surface area contributed by atoms with E-state index in [1.165, 1.54) is 0 Å². The second-order valence-electron chi connectivity index (χ2n) is 5.00. The molecule has 0 aliphatic rings. The number of nitrogens with one attached hydrogen (secondary N) is 1. The highest BCUT2D eigenvalue weighted by Crippen LogP contribution is 2.25. The molecule has 1 aromatic rings. The molecule has 1 amide bonds. The average molecular weight is 299 g/mol. The third-order valence-electron chi connectivity index (χ3n) is 2.96. The van der Waals surface area contributed by atoms with Gasteiger partial charge in [0.05, 0.1) is 5.02 Å². The van der Waals surface area contributed by atoms with Gasteiger partial charge < -0.3 is 15.0 Å². The molecule has 4 nitrogen and oxygen atoms in total. The first-order chi connectivity index (χ1) is 9.43. The van der Waals surface area contributed by atoms with E-state index in [4.69, 9.17) is 16.3 Å². The van der Waals surface area contributed by atoms with E-state index in [0.29, 0.717) is 23.4 Å². The van der Waals surface area contributed by atoms with Crippen LogP contribution < -0.4 is 10.1 Å². The Labute approximate surface area is 126 Å². The Kier molecular flexibility index (Phi) is 6.82. The molecule has 1 aromatic carbocycles. The van der Waals surface area contributed by atoms with Crippen molar-refractivity contribution in [1.29, 1.82) is 0 Å². The van der Waals surface area contributed by atoms with Gasteiger partial charge in [0.1, 0.15) is 5.75 Å². The molecule has 1 rings (SSSR count). The summed E-state index contributed by atoms with van der Waals surface area (Å²) < 4.78 is 5.46. The van der Waals surface area contributed by atoms with E-state index in [1.54, 1.807) is 18.0 Å². The highest BCUT2D eigenvalue weighted by molar-refractivity contribution is 6.32. The number of halogens is 1. The van der Waals surface area contributed by atoms with Crippen LogP contribution in [0.1, 0.15) is 26.3 Å². The van der Waals surface area contributed by atoms with Crippen molar-refractivity contribution in [2.24, 2.45) is 0 Å². The van der Waals surface area contributed by atoms with Crippen LogP contribution in [0, 0.1) is 0 Å². The molecule has 0 aliphatic carbocycles. The lowest BCUT2D eigenvalue weighted by Gasteiger charge is -2.15. The highest BCUT2D eigenvalue weighted by atomic mass is 35.5. The minimum Gasteiger partial charge on any atom is -0.482 e. The first-order valence-corrected chi connectivity index (χ1v) is 7.20. The molecule has 0 spiro atoms. The van der Waals surface area contributed by atoms with Gasteiger partial charge in [-0.3, -0.25) is 4.79 Å². The monoisotopic (exact) mass is 298 g/mol. The molecule has 0 radical (unpaired) electrons. The van der Waals surface area contributed by atoms with Gasteiger partial charge in [0.2, 0.25) is 0 Å². The summed E-state index contributed by atoms with van der Waals surface area (Å²) in [5.41, 5.74) is 1.09. The molecule has 0 atom stereocenters. The lowest BCUT2D eigenvalue weighted by Crippen LogP contribution is -2.31. The summed E-state index contributed by atoms with van der Waals surface area (Å²) in [6, 6.07) is 6.04. The molecule has 0 heterocycles. The summed E-state index contributed by atoms with van der Waals surface area (Å²) in [7, 11) is 1.74. The number of carbonyl (C=O) groups is 1. The summed E-state index contributed by atoms with van der Waals surface area (Å²) in [4.78, 5) is 13.3. The van der Waals surface area contributed by atoms with Crippen molar-refractivity contribution in [2.45, 2.75) is 33.4 Å². The van der Waals surface area contributed by atoms with Crippen LogP contribution in [0.3, 0.4) is 0 Å². The van der Waals surface area contributed by atoms with E-state index < -0.39 is 0 Å². The number of rotatable bonds is 7. The van der Waals surface area contributed by atoms with Gasteiger partial charge in [-0.15, -0.1) is 0 Å². The van der Waals surface area contributed by atoms with E-state index in [9.17, 15) is 4.79 Å². The second-order valence-corrected chi connectivity index (χ2v) is 5.40. The molecule has 0 bridgehead atoms. The maximum Gasteiger partial charge on any atom is 0.260 e. The SMILES string of the molecule is CCN(C)C(=O)COc1ccc(CNC(C)C)cc1Cl. The van der Waals surface area contributed by atoms with Crippen LogP contribution in [-0.4, -0.2) is 37.0 Å². The molecule has 0 aromatic heterocycles. The van der Waals surface area contributed by atoms with E-state index in [1.807, 2.05) is 19.1 Å². The van der Waals surface area contributed by atoms with Gasteiger partial charge in [0, 0.05) is 26.2 Å². The maximum absolute atomic E-state index is 11.7. The van der Waals surface area contributed by atoms with Crippen molar-refractivity contribution in [3.8, 4) is 5.75 Å².